The molecule has 2 rings (SSSR count). The predicted octanol–water partition coefficient (Wildman–Crippen LogP) is 3.17. The molecule has 0 radical (unpaired) electrons. The molecule has 0 unspecified atom stereocenters. The third kappa shape index (κ3) is 6.41. The number of rotatable bonds is 6. The topological polar surface area (TPSA) is 81.7 Å². The molecule has 0 saturated carbocycles. The van der Waals surface area contributed by atoms with Crippen LogP contribution in [-0.4, -0.2) is 31.5 Å². The molecule has 29 heavy (non-hydrogen) atoms. The molecule has 154 valence electrons. The normalized spacial score (nSPS) is 10.9. The number of carbonyl (C=O) groups excluding carboxylic acids is 3. The van der Waals surface area contributed by atoms with Crippen LogP contribution in [0.2, 0.25) is 0 Å². The monoisotopic (exact) mass is 401 g/mol. The minimum Gasteiger partial charge on any atom is -0.494 e. The number of hydrogen-bond acceptors (Lipinski definition) is 5. The summed E-state index contributed by atoms with van der Waals surface area (Å²) in [6, 6.07) is 11.0. The zero-order valence-electron chi connectivity index (χ0n) is 16.9. The largest absolute Gasteiger partial charge is 0.494 e. The minimum absolute atomic E-state index is 0.0498. The first-order valence-corrected chi connectivity index (χ1v) is 9.03. The highest BCUT2D eigenvalue weighted by atomic mass is 19.1. The van der Waals surface area contributed by atoms with E-state index in [1.807, 2.05) is 12.1 Å². The van der Waals surface area contributed by atoms with Crippen LogP contribution in [0, 0.1) is 5.82 Å². The summed E-state index contributed by atoms with van der Waals surface area (Å²) >= 11 is 0. The third-order valence-electron chi connectivity index (χ3n) is 4.19. The van der Waals surface area contributed by atoms with Crippen LogP contribution in [0.1, 0.15) is 42.3 Å². The first kappa shape index (κ1) is 22.1. The maximum absolute atomic E-state index is 13.6. The first-order chi connectivity index (χ1) is 13.6. The Labute approximate surface area is 169 Å². The summed E-state index contributed by atoms with van der Waals surface area (Å²) in [5.41, 5.74) is 1.71. The lowest BCUT2D eigenvalue weighted by atomic mass is 9.87. The molecule has 0 fully saturated rings. The van der Waals surface area contributed by atoms with Crippen molar-refractivity contribution in [3.05, 3.63) is 65.0 Å². The third-order valence-corrected chi connectivity index (χ3v) is 4.19. The average Bonchev–Trinajstić information content (AvgIpc) is 2.66. The molecule has 0 saturated heterocycles. The van der Waals surface area contributed by atoms with Gasteiger partial charge in [-0.15, -0.1) is 0 Å². The Bertz CT molecular complexity index is 900. The van der Waals surface area contributed by atoms with E-state index in [2.05, 4.69) is 26.1 Å². The van der Waals surface area contributed by atoms with Gasteiger partial charge in [-0.1, -0.05) is 39.0 Å². The Morgan fingerprint density at radius 1 is 1.03 bits per heavy atom. The van der Waals surface area contributed by atoms with Gasteiger partial charge in [-0.2, -0.15) is 0 Å². The summed E-state index contributed by atoms with van der Waals surface area (Å²) < 4.78 is 23.3. The van der Waals surface area contributed by atoms with Crippen molar-refractivity contribution < 1.29 is 28.2 Å². The zero-order chi connectivity index (χ0) is 21.6. The highest BCUT2D eigenvalue weighted by Gasteiger charge is 2.16. The second-order valence-electron chi connectivity index (χ2n) is 7.51. The van der Waals surface area contributed by atoms with E-state index in [0.717, 1.165) is 11.6 Å². The first-order valence-electron chi connectivity index (χ1n) is 9.03. The summed E-state index contributed by atoms with van der Waals surface area (Å²) in [5, 5.41) is 2.17. The molecule has 6 nitrogen and oxygen atoms in total. The van der Waals surface area contributed by atoms with E-state index in [1.54, 1.807) is 12.1 Å². The van der Waals surface area contributed by atoms with Crippen LogP contribution in [0.4, 0.5) is 4.39 Å². The molecule has 7 heteroatoms. The lowest BCUT2D eigenvalue weighted by Crippen LogP contribution is -2.34. The van der Waals surface area contributed by atoms with Crippen molar-refractivity contribution in [1.82, 2.24) is 5.32 Å². The van der Waals surface area contributed by atoms with Gasteiger partial charge in [-0.05, 0) is 40.8 Å². The van der Waals surface area contributed by atoms with E-state index in [9.17, 15) is 18.8 Å². The van der Waals surface area contributed by atoms with Gasteiger partial charge in [0.05, 0.1) is 13.5 Å². The second-order valence-corrected chi connectivity index (χ2v) is 7.51. The Hall–Kier alpha value is -3.22. The average molecular weight is 401 g/mol. The van der Waals surface area contributed by atoms with Gasteiger partial charge in [0.1, 0.15) is 0 Å². The number of amides is 2. The second kappa shape index (κ2) is 9.32. The van der Waals surface area contributed by atoms with Crippen molar-refractivity contribution in [3.8, 4) is 5.75 Å². The van der Waals surface area contributed by atoms with E-state index >= 15 is 0 Å². The Balaban J connectivity index is 1.83. The number of halogens is 1. The van der Waals surface area contributed by atoms with E-state index in [1.165, 1.54) is 19.2 Å². The fourth-order valence-corrected chi connectivity index (χ4v) is 2.54. The Kier molecular flexibility index (Phi) is 7.09. The molecule has 0 aliphatic rings. The van der Waals surface area contributed by atoms with Crippen LogP contribution < -0.4 is 10.1 Å². The molecule has 0 aromatic heterocycles. The van der Waals surface area contributed by atoms with Crippen LogP contribution >= 0.6 is 0 Å². The van der Waals surface area contributed by atoms with Gasteiger partial charge in [0.2, 0.25) is 0 Å². The molecular formula is C22H24FNO5. The predicted molar refractivity (Wildman–Crippen MR) is 105 cm³/mol. The van der Waals surface area contributed by atoms with Crippen LogP contribution in [0.25, 0.3) is 0 Å². The van der Waals surface area contributed by atoms with E-state index < -0.39 is 30.2 Å². The van der Waals surface area contributed by atoms with Gasteiger partial charge in [0, 0.05) is 5.56 Å². The summed E-state index contributed by atoms with van der Waals surface area (Å²) in [5.74, 6) is -2.58. The maximum atomic E-state index is 13.6. The number of imide groups is 1. The summed E-state index contributed by atoms with van der Waals surface area (Å²) in [6.07, 6.45) is -0.212. The number of hydrogen-bond donors (Lipinski definition) is 1. The van der Waals surface area contributed by atoms with Crippen molar-refractivity contribution in [2.45, 2.75) is 32.6 Å². The standard InChI is InChI=1S/C22H24FNO5/c1-22(2,3)16-8-6-15(7-9-16)21(27)24-19(25)13-29-20(26)12-14-5-10-18(28-4)17(23)11-14/h5-11H,12-13H2,1-4H3,(H,24,25,27). The number of ether oxygens (including phenoxy) is 2. The van der Waals surface area contributed by atoms with Crippen molar-refractivity contribution in [2.24, 2.45) is 0 Å². The molecule has 0 bridgehead atoms. The summed E-state index contributed by atoms with van der Waals surface area (Å²) in [7, 11) is 1.34. The van der Waals surface area contributed by atoms with Crippen LogP contribution in [0.3, 0.4) is 0 Å². The molecular weight excluding hydrogens is 377 g/mol. The molecule has 0 aliphatic carbocycles. The Morgan fingerprint density at radius 3 is 2.24 bits per heavy atom. The molecule has 2 aromatic carbocycles. The lowest BCUT2D eigenvalue weighted by Gasteiger charge is -2.19. The molecule has 1 N–H and O–H groups in total. The molecule has 2 amide bonds. The lowest BCUT2D eigenvalue weighted by molar-refractivity contribution is -0.147. The zero-order valence-corrected chi connectivity index (χ0v) is 16.9. The van der Waals surface area contributed by atoms with Crippen molar-refractivity contribution >= 4 is 17.8 Å². The SMILES string of the molecule is COc1ccc(CC(=O)OCC(=O)NC(=O)c2ccc(C(C)(C)C)cc2)cc1F. The highest BCUT2D eigenvalue weighted by Crippen LogP contribution is 2.22. The van der Waals surface area contributed by atoms with Gasteiger partial charge in [-0.3, -0.25) is 19.7 Å². The molecule has 0 spiro atoms. The van der Waals surface area contributed by atoms with Gasteiger partial charge in [0.25, 0.3) is 11.8 Å². The number of carbonyl (C=O) groups is 3. The van der Waals surface area contributed by atoms with Gasteiger partial charge in [-0.25, -0.2) is 4.39 Å². The molecule has 0 atom stereocenters. The number of methoxy groups -OCH3 is 1. The van der Waals surface area contributed by atoms with Crippen molar-refractivity contribution in [1.29, 1.82) is 0 Å². The quantitative estimate of drug-likeness (QED) is 0.752. The van der Waals surface area contributed by atoms with Crippen LogP contribution in [-0.2, 0) is 26.2 Å². The maximum Gasteiger partial charge on any atom is 0.310 e. The van der Waals surface area contributed by atoms with Crippen LogP contribution in [0.5, 0.6) is 5.75 Å². The van der Waals surface area contributed by atoms with Gasteiger partial charge >= 0.3 is 5.97 Å². The highest BCUT2D eigenvalue weighted by molar-refractivity contribution is 6.05. The number of benzene rings is 2. The number of nitrogens with one attached hydrogen (secondary N) is 1. The fourth-order valence-electron chi connectivity index (χ4n) is 2.54. The number of esters is 1. The molecule has 2 aromatic rings. The molecule has 0 aliphatic heterocycles. The van der Waals surface area contributed by atoms with Crippen LogP contribution in [0.15, 0.2) is 42.5 Å². The van der Waals surface area contributed by atoms with E-state index in [4.69, 9.17) is 9.47 Å². The van der Waals surface area contributed by atoms with E-state index in [0.29, 0.717) is 11.1 Å². The fraction of sp³-hybridized carbons (Fsp3) is 0.318. The van der Waals surface area contributed by atoms with E-state index in [-0.39, 0.29) is 17.6 Å². The summed E-state index contributed by atoms with van der Waals surface area (Å²) in [4.78, 5) is 35.8. The summed E-state index contributed by atoms with van der Waals surface area (Å²) in [6.45, 7) is 5.56. The smallest absolute Gasteiger partial charge is 0.310 e. The Morgan fingerprint density at radius 2 is 1.69 bits per heavy atom. The van der Waals surface area contributed by atoms with Crippen molar-refractivity contribution in [2.75, 3.05) is 13.7 Å². The van der Waals surface area contributed by atoms with Gasteiger partial charge in [0.15, 0.2) is 18.2 Å². The molecule has 0 heterocycles. The minimum atomic E-state index is -0.746. The van der Waals surface area contributed by atoms with Gasteiger partial charge < -0.3 is 9.47 Å². The van der Waals surface area contributed by atoms with Crippen molar-refractivity contribution in [3.63, 3.8) is 0 Å².